The monoisotopic (exact) mass is 263 g/mol. The van der Waals surface area contributed by atoms with Crippen molar-refractivity contribution in [3.05, 3.63) is 23.8 Å². The largest absolute Gasteiger partial charge is 0.486 e. The first-order valence-corrected chi connectivity index (χ1v) is 6.97. The summed E-state index contributed by atoms with van der Waals surface area (Å²) in [6.07, 6.45) is 2.64. The molecule has 1 N–H and O–H groups in total. The first-order chi connectivity index (χ1) is 9.36. The Kier molecular flexibility index (Phi) is 3.89. The number of hydrogen-bond acceptors (Lipinski definition) is 4. The van der Waals surface area contributed by atoms with E-state index in [0.717, 1.165) is 30.6 Å². The molecule has 4 heteroatoms. The lowest BCUT2D eigenvalue weighted by Crippen LogP contribution is -2.34. The lowest BCUT2D eigenvalue weighted by atomic mass is 10.1. The molecular formula is C15H21NO3. The number of nitrogens with one attached hydrogen (secondary N) is 1. The van der Waals surface area contributed by atoms with Crippen molar-refractivity contribution in [1.29, 1.82) is 0 Å². The zero-order chi connectivity index (χ0) is 13.1. The maximum absolute atomic E-state index is 5.60. The van der Waals surface area contributed by atoms with Crippen molar-refractivity contribution < 1.29 is 14.2 Å². The molecule has 1 aliphatic carbocycles. The summed E-state index contributed by atoms with van der Waals surface area (Å²) in [6.45, 7) is 2.91. The minimum Gasteiger partial charge on any atom is -0.486 e. The molecule has 1 heterocycles. The fraction of sp³-hybridized carbons (Fsp3) is 0.600. The zero-order valence-corrected chi connectivity index (χ0v) is 11.4. The van der Waals surface area contributed by atoms with Crippen LogP contribution in [0.5, 0.6) is 11.5 Å². The molecule has 104 valence electrons. The Morgan fingerprint density at radius 3 is 2.79 bits per heavy atom. The second-order valence-corrected chi connectivity index (χ2v) is 5.26. The molecule has 1 saturated carbocycles. The van der Waals surface area contributed by atoms with Crippen LogP contribution in [0.15, 0.2) is 18.2 Å². The molecule has 4 nitrogen and oxygen atoms in total. The summed E-state index contributed by atoms with van der Waals surface area (Å²) < 4.78 is 16.4. The van der Waals surface area contributed by atoms with Gasteiger partial charge < -0.3 is 19.5 Å². The second-order valence-electron chi connectivity index (χ2n) is 5.26. The lowest BCUT2D eigenvalue weighted by Gasteiger charge is -2.20. The fourth-order valence-electron chi connectivity index (χ4n) is 2.49. The van der Waals surface area contributed by atoms with Gasteiger partial charge in [-0.25, -0.2) is 0 Å². The summed E-state index contributed by atoms with van der Waals surface area (Å²) >= 11 is 0. The van der Waals surface area contributed by atoms with Gasteiger partial charge in [-0.3, -0.25) is 0 Å². The second kappa shape index (κ2) is 5.80. The van der Waals surface area contributed by atoms with Gasteiger partial charge in [-0.2, -0.15) is 0 Å². The van der Waals surface area contributed by atoms with Crippen molar-refractivity contribution in [3.8, 4) is 11.5 Å². The average Bonchev–Trinajstić information content (AvgIpc) is 3.28. The molecule has 0 aromatic heterocycles. The van der Waals surface area contributed by atoms with Crippen LogP contribution in [0.2, 0.25) is 0 Å². The molecule has 3 rings (SSSR count). The summed E-state index contributed by atoms with van der Waals surface area (Å²) in [5.41, 5.74) is 1.23. The van der Waals surface area contributed by atoms with Gasteiger partial charge in [0, 0.05) is 19.7 Å². The molecule has 0 amide bonds. The van der Waals surface area contributed by atoms with E-state index in [-0.39, 0.29) is 0 Å². The predicted octanol–water partition coefficient (Wildman–Crippen LogP) is 1.97. The highest BCUT2D eigenvalue weighted by Gasteiger charge is 2.30. The van der Waals surface area contributed by atoms with Gasteiger partial charge in [0.25, 0.3) is 0 Å². The summed E-state index contributed by atoms with van der Waals surface area (Å²) in [6, 6.07) is 6.63. The normalized spacial score (nSPS) is 19.2. The highest BCUT2D eigenvalue weighted by Crippen LogP contribution is 2.33. The van der Waals surface area contributed by atoms with E-state index in [0.29, 0.717) is 19.3 Å². The Hall–Kier alpha value is -1.26. The molecule has 0 spiro atoms. The first kappa shape index (κ1) is 12.8. The van der Waals surface area contributed by atoms with Crippen LogP contribution in [0.4, 0.5) is 0 Å². The molecule has 0 radical (unpaired) electrons. The van der Waals surface area contributed by atoms with Gasteiger partial charge in [0.2, 0.25) is 0 Å². The van der Waals surface area contributed by atoms with Crippen LogP contribution in [-0.4, -0.2) is 33.0 Å². The SMILES string of the molecule is COCC(NCc1ccc2c(c1)OCCO2)C1CC1. The van der Waals surface area contributed by atoms with Gasteiger partial charge in [0.1, 0.15) is 13.2 Å². The van der Waals surface area contributed by atoms with Crippen molar-refractivity contribution in [1.82, 2.24) is 5.32 Å². The molecular weight excluding hydrogens is 242 g/mol. The van der Waals surface area contributed by atoms with Crippen molar-refractivity contribution in [2.24, 2.45) is 5.92 Å². The third kappa shape index (κ3) is 3.19. The van der Waals surface area contributed by atoms with Gasteiger partial charge in [0.15, 0.2) is 11.5 Å². The Labute approximate surface area is 114 Å². The zero-order valence-electron chi connectivity index (χ0n) is 11.4. The topological polar surface area (TPSA) is 39.7 Å². The van der Waals surface area contributed by atoms with E-state index in [1.165, 1.54) is 18.4 Å². The molecule has 2 aliphatic rings. The molecule has 0 saturated heterocycles. The fourth-order valence-corrected chi connectivity index (χ4v) is 2.49. The number of fused-ring (bicyclic) bond motifs is 1. The molecule has 1 unspecified atom stereocenters. The highest BCUT2D eigenvalue weighted by atomic mass is 16.6. The average molecular weight is 263 g/mol. The smallest absolute Gasteiger partial charge is 0.161 e. The predicted molar refractivity (Wildman–Crippen MR) is 72.7 cm³/mol. The van der Waals surface area contributed by atoms with E-state index in [9.17, 15) is 0 Å². The summed E-state index contributed by atoms with van der Waals surface area (Å²) in [4.78, 5) is 0. The minimum absolute atomic E-state index is 0.471. The van der Waals surface area contributed by atoms with Crippen molar-refractivity contribution in [3.63, 3.8) is 0 Å². The van der Waals surface area contributed by atoms with Gasteiger partial charge in [0.05, 0.1) is 6.61 Å². The Morgan fingerprint density at radius 1 is 1.26 bits per heavy atom. The maximum Gasteiger partial charge on any atom is 0.161 e. The number of rotatable bonds is 6. The van der Waals surface area contributed by atoms with E-state index >= 15 is 0 Å². The van der Waals surface area contributed by atoms with Crippen molar-refractivity contribution in [2.45, 2.75) is 25.4 Å². The maximum atomic E-state index is 5.60. The highest BCUT2D eigenvalue weighted by molar-refractivity contribution is 5.43. The van der Waals surface area contributed by atoms with E-state index < -0.39 is 0 Å². The molecule has 1 atom stereocenters. The van der Waals surface area contributed by atoms with Crippen LogP contribution in [0.1, 0.15) is 18.4 Å². The number of hydrogen-bond donors (Lipinski definition) is 1. The van der Waals surface area contributed by atoms with Crippen LogP contribution in [0.25, 0.3) is 0 Å². The van der Waals surface area contributed by atoms with Crippen LogP contribution in [0.3, 0.4) is 0 Å². The van der Waals surface area contributed by atoms with Crippen LogP contribution in [-0.2, 0) is 11.3 Å². The van der Waals surface area contributed by atoms with Crippen molar-refractivity contribution in [2.75, 3.05) is 26.9 Å². The van der Waals surface area contributed by atoms with Crippen LogP contribution in [0, 0.1) is 5.92 Å². The lowest BCUT2D eigenvalue weighted by molar-refractivity contribution is 0.156. The summed E-state index contributed by atoms with van der Waals surface area (Å²) in [7, 11) is 1.77. The molecule has 1 aromatic carbocycles. The molecule has 19 heavy (non-hydrogen) atoms. The van der Waals surface area contributed by atoms with Gasteiger partial charge >= 0.3 is 0 Å². The van der Waals surface area contributed by atoms with Gasteiger partial charge in [-0.15, -0.1) is 0 Å². The van der Waals surface area contributed by atoms with E-state index in [2.05, 4.69) is 17.4 Å². The Balaban J connectivity index is 1.59. The number of benzene rings is 1. The van der Waals surface area contributed by atoms with Crippen LogP contribution >= 0.6 is 0 Å². The molecule has 1 fully saturated rings. The molecule has 0 bridgehead atoms. The van der Waals surface area contributed by atoms with E-state index in [1.807, 2.05) is 6.07 Å². The Morgan fingerprint density at radius 2 is 2.05 bits per heavy atom. The Bertz CT molecular complexity index is 431. The van der Waals surface area contributed by atoms with E-state index in [1.54, 1.807) is 7.11 Å². The third-order valence-electron chi connectivity index (χ3n) is 3.71. The van der Waals surface area contributed by atoms with E-state index in [4.69, 9.17) is 14.2 Å². The summed E-state index contributed by atoms with van der Waals surface area (Å²) in [5, 5.41) is 3.58. The number of methoxy groups -OCH3 is 1. The third-order valence-corrected chi connectivity index (χ3v) is 3.71. The molecule has 1 aromatic rings. The standard InChI is InChI=1S/C15H21NO3/c1-17-10-13(12-3-4-12)16-9-11-2-5-14-15(8-11)19-7-6-18-14/h2,5,8,12-13,16H,3-4,6-7,9-10H2,1H3. The van der Waals surface area contributed by atoms with Gasteiger partial charge in [-0.1, -0.05) is 6.07 Å². The van der Waals surface area contributed by atoms with Crippen molar-refractivity contribution >= 4 is 0 Å². The summed E-state index contributed by atoms with van der Waals surface area (Å²) in [5.74, 6) is 2.50. The van der Waals surface area contributed by atoms with Crippen LogP contribution < -0.4 is 14.8 Å². The molecule has 1 aliphatic heterocycles. The first-order valence-electron chi connectivity index (χ1n) is 6.97. The quantitative estimate of drug-likeness (QED) is 0.852. The minimum atomic E-state index is 0.471. The van der Waals surface area contributed by atoms with Gasteiger partial charge in [-0.05, 0) is 36.5 Å². The number of ether oxygens (including phenoxy) is 3.